The molecule has 5 rings (SSSR count). The number of hydrogen-bond donors (Lipinski definition) is 1. The van der Waals surface area contributed by atoms with Gasteiger partial charge in [-0.25, -0.2) is 0 Å². The van der Waals surface area contributed by atoms with Crippen molar-refractivity contribution in [2.24, 2.45) is 23.2 Å². The number of carbonyl (C=O) groups is 3. The van der Waals surface area contributed by atoms with E-state index in [4.69, 9.17) is 9.47 Å². The normalized spacial score (nSPS) is 29.3. The van der Waals surface area contributed by atoms with E-state index in [1.54, 1.807) is 24.3 Å². The van der Waals surface area contributed by atoms with Crippen molar-refractivity contribution >= 4 is 17.7 Å². The molecule has 4 fully saturated rings. The second-order valence-electron chi connectivity index (χ2n) is 8.89. The Morgan fingerprint density at radius 2 is 1.66 bits per heavy atom. The van der Waals surface area contributed by atoms with Crippen LogP contribution >= 0.6 is 0 Å². The largest absolute Gasteiger partial charge is 0.493 e. The van der Waals surface area contributed by atoms with Gasteiger partial charge in [0.1, 0.15) is 12.3 Å². The Labute approximate surface area is 171 Å². The molecule has 0 aromatic heterocycles. The molecule has 4 aliphatic carbocycles. The number of amides is 1. The van der Waals surface area contributed by atoms with Crippen molar-refractivity contribution in [1.82, 2.24) is 5.32 Å². The van der Waals surface area contributed by atoms with Gasteiger partial charge < -0.3 is 14.8 Å². The van der Waals surface area contributed by atoms with Gasteiger partial charge >= 0.3 is 5.97 Å². The Morgan fingerprint density at radius 3 is 2.28 bits per heavy atom. The summed E-state index contributed by atoms with van der Waals surface area (Å²) in [6.07, 6.45) is 6.67. The van der Waals surface area contributed by atoms with Crippen LogP contribution < -0.4 is 10.1 Å². The van der Waals surface area contributed by atoms with Crippen LogP contribution in [0.15, 0.2) is 24.3 Å². The van der Waals surface area contributed by atoms with Crippen LogP contribution in [-0.4, -0.2) is 37.4 Å². The lowest BCUT2D eigenvalue weighted by atomic mass is 9.48. The molecule has 0 unspecified atom stereocenters. The van der Waals surface area contributed by atoms with Crippen molar-refractivity contribution in [2.45, 2.75) is 45.4 Å². The quantitative estimate of drug-likeness (QED) is 0.679. The average molecular weight is 399 g/mol. The predicted octanol–water partition coefficient (Wildman–Crippen LogP) is 3.14. The van der Waals surface area contributed by atoms with E-state index in [0.717, 1.165) is 19.3 Å². The number of hydrogen-bond acceptors (Lipinski definition) is 5. The summed E-state index contributed by atoms with van der Waals surface area (Å²) in [5.41, 5.74) is 0.0983. The van der Waals surface area contributed by atoms with Crippen molar-refractivity contribution in [2.75, 3.05) is 19.8 Å². The van der Waals surface area contributed by atoms with E-state index in [1.807, 2.05) is 6.92 Å². The lowest BCUT2D eigenvalue weighted by Gasteiger charge is -2.55. The Kier molecular flexibility index (Phi) is 5.61. The number of nitrogens with one attached hydrogen (secondary N) is 1. The highest BCUT2D eigenvalue weighted by Crippen LogP contribution is 2.60. The number of ketones is 1. The standard InChI is InChI=1S/C23H29NO5/c1-2-28-19-6-4-3-5-18(19)22(27)24-13-21(26)29-14-20(25)23-10-15-7-16(11-23)9-17(8-15)12-23/h3-6,15-17H,2,7-14H2,1H3,(H,24,27). The van der Waals surface area contributed by atoms with Crippen molar-refractivity contribution in [3.63, 3.8) is 0 Å². The van der Waals surface area contributed by atoms with E-state index in [9.17, 15) is 14.4 Å². The zero-order valence-corrected chi connectivity index (χ0v) is 16.9. The van der Waals surface area contributed by atoms with Crippen molar-refractivity contribution < 1.29 is 23.9 Å². The fraction of sp³-hybridized carbons (Fsp3) is 0.609. The lowest BCUT2D eigenvalue weighted by Crippen LogP contribution is -2.51. The van der Waals surface area contributed by atoms with E-state index >= 15 is 0 Å². The summed E-state index contributed by atoms with van der Waals surface area (Å²) in [7, 11) is 0. The highest BCUT2D eigenvalue weighted by molar-refractivity contribution is 5.98. The Hall–Kier alpha value is -2.37. The number of rotatable bonds is 8. The number of benzene rings is 1. The Balaban J connectivity index is 1.26. The molecule has 1 N–H and O–H groups in total. The maximum Gasteiger partial charge on any atom is 0.325 e. The van der Waals surface area contributed by atoms with Crippen molar-refractivity contribution in [1.29, 1.82) is 0 Å². The second-order valence-corrected chi connectivity index (χ2v) is 8.89. The number of para-hydroxylation sites is 1. The van der Waals surface area contributed by atoms with Crippen LogP contribution in [0.4, 0.5) is 0 Å². The number of esters is 1. The van der Waals surface area contributed by atoms with Gasteiger partial charge in [0.2, 0.25) is 0 Å². The van der Waals surface area contributed by atoms with Gasteiger partial charge in [0, 0.05) is 5.41 Å². The fourth-order valence-corrected chi connectivity index (χ4v) is 5.99. The molecule has 4 aliphatic rings. The monoisotopic (exact) mass is 399 g/mol. The van der Waals surface area contributed by atoms with Crippen LogP contribution in [0.5, 0.6) is 5.75 Å². The topological polar surface area (TPSA) is 81.7 Å². The summed E-state index contributed by atoms with van der Waals surface area (Å²) in [5, 5.41) is 2.55. The van der Waals surface area contributed by atoms with Gasteiger partial charge in [0.25, 0.3) is 5.91 Å². The van der Waals surface area contributed by atoms with Crippen LogP contribution in [0.2, 0.25) is 0 Å². The zero-order valence-electron chi connectivity index (χ0n) is 16.9. The van der Waals surface area contributed by atoms with Crippen molar-refractivity contribution in [3.05, 3.63) is 29.8 Å². The molecular formula is C23H29NO5. The summed E-state index contributed by atoms with van der Waals surface area (Å²) in [4.78, 5) is 37.3. The smallest absolute Gasteiger partial charge is 0.325 e. The molecule has 29 heavy (non-hydrogen) atoms. The van der Waals surface area contributed by atoms with Gasteiger partial charge in [-0.3, -0.25) is 14.4 Å². The second kappa shape index (κ2) is 8.17. The lowest BCUT2D eigenvalue weighted by molar-refractivity contribution is -0.157. The first-order valence-corrected chi connectivity index (χ1v) is 10.7. The summed E-state index contributed by atoms with van der Waals surface area (Å²) >= 11 is 0. The molecule has 0 atom stereocenters. The van der Waals surface area contributed by atoms with Gasteiger partial charge in [0.15, 0.2) is 12.4 Å². The fourth-order valence-electron chi connectivity index (χ4n) is 5.99. The van der Waals surface area contributed by atoms with E-state index < -0.39 is 11.9 Å². The first-order chi connectivity index (χ1) is 14.0. The minimum Gasteiger partial charge on any atom is -0.493 e. The van der Waals surface area contributed by atoms with E-state index in [1.165, 1.54) is 19.3 Å². The SMILES string of the molecule is CCOc1ccccc1C(=O)NCC(=O)OCC(=O)C12CC3CC(CC(C3)C1)C2. The number of carbonyl (C=O) groups excluding carboxylic acids is 3. The van der Waals surface area contributed by atoms with Gasteiger partial charge in [0.05, 0.1) is 12.2 Å². The third kappa shape index (κ3) is 4.16. The van der Waals surface area contributed by atoms with Crippen LogP contribution in [0.25, 0.3) is 0 Å². The van der Waals surface area contributed by atoms with E-state index in [0.29, 0.717) is 35.7 Å². The highest BCUT2D eigenvalue weighted by atomic mass is 16.5. The molecule has 0 saturated heterocycles. The summed E-state index contributed by atoms with van der Waals surface area (Å²) in [5.74, 6) is 1.56. The Morgan fingerprint density at radius 1 is 1.03 bits per heavy atom. The van der Waals surface area contributed by atoms with E-state index in [-0.39, 0.29) is 24.3 Å². The maximum absolute atomic E-state index is 12.9. The molecule has 1 aromatic carbocycles. The van der Waals surface area contributed by atoms with Gasteiger partial charge in [-0.15, -0.1) is 0 Å². The molecule has 6 heteroatoms. The van der Waals surface area contributed by atoms with Crippen LogP contribution in [-0.2, 0) is 14.3 Å². The van der Waals surface area contributed by atoms with Crippen LogP contribution in [0.3, 0.4) is 0 Å². The van der Waals surface area contributed by atoms with Gasteiger partial charge in [-0.05, 0) is 75.3 Å². The molecule has 0 radical (unpaired) electrons. The minimum absolute atomic E-state index is 0.0676. The number of ether oxygens (including phenoxy) is 2. The first-order valence-electron chi connectivity index (χ1n) is 10.7. The molecular weight excluding hydrogens is 370 g/mol. The summed E-state index contributed by atoms with van der Waals surface area (Å²) in [6, 6.07) is 6.87. The van der Waals surface area contributed by atoms with E-state index in [2.05, 4.69) is 5.32 Å². The molecule has 0 aliphatic heterocycles. The highest BCUT2D eigenvalue weighted by Gasteiger charge is 2.54. The average Bonchev–Trinajstić information content (AvgIpc) is 2.70. The minimum atomic E-state index is -0.592. The molecule has 4 saturated carbocycles. The molecule has 1 amide bonds. The third-order valence-corrected chi connectivity index (χ3v) is 6.82. The van der Waals surface area contributed by atoms with Crippen LogP contribution in [0, 0.1) is 23.2 Å². The van der Waals surface area contributed by atoms with Gasteiger partial charge in [-0.2, -0.15) is 0 Å². The first kappa shape index (κ1) is 19.9. The molecule has 0 heterocycles. The molecule has 0 spiro atoms. The van der Waals surface area contributed by atoms with Gasteiger partial charge in [-0.1, -0.05) is 12.1 Å². The molecule has 6 nitrogen and oxygen atoms in total. The summed E-state index contributed by atoms with van der Waals surface area (Å²) in [6.45, 7) is 1.83. The molecule has 1 aromatic rings. The number of Topliss-reactive ketones (excluding diaryl/α,β-unsaturated/α-hetero) is 1. The Bertz CT molecular complexity index is 767. The van der Waals surface area contributed by atoms with Crippen molar-refractivity contribution in [3.8, 4) is 5.75 Å². The zero-order chi connectivity index (χ0) is 20.4. The maximum atomic E-state index is 12.9. The van der Waals surface area contributed by atoms with Crippen LogP contribution in [0.1, 0.15) is 55.8 Å². The molecule has 4 bridgehead atoms. The summed E-state index contributed by atoms with van der Waals surface area (Å²) < 4.78 is 10.7. The predicted molar refractivity (Wildman–Crippen MR) is 107 cm³/mol. The third-order valence-electron chi connectivity index (χ3n) is 6.82. The molecule has 156 valence electrons.